The Morgan fingerprint density at radius 1 is 1.18 bits per heavy atom. The van der Waals surface area contributed by atoms with E-state index in [2.05, 4.69) is 25.3 Å². The molecule has 2 saturated heterocycles. The summed E-state index contributed by atoms with van der Waals surface area (Å²) in [6, 6.07) is 4.78. The molecule has 2 aliphatic rings. The second-order valence-electron chi connectivity index (χ2n) is 10.9. The molecular formula is C25H29N9O4S. The molecule has 0 aliphatic carbocycles. The third-order valence-corrected chi connectivity index (χ3v) is 8.79. The number of aliphatic hydroxyl groups is 1. The van der Waals surface area contributed by atoms with Crippen LogP contribution in [0, 0.1) is 0 Å². The first-order valence-corrected chi connectivity index (χ1v) is 14.5. The highest BCUT2D eigenvalue weighted by molar-refractivity contribution is 7.90. The maximum Gasteiger partial charge on any atom is 0.245 e. The molecule has 4 aromatic heterocycles. The van der Waals surface area contributed by atoms with Gasteiger partial charge in [0.25, 0.3) is 0 Å². The van der Waals surface area contributed by atoms with Gasteiger partial charge in [0, 0.05) is 48.1 Å². The van der Waals surface area contributed by atoms with E-state index in [1.807, 2.05) is 4.90 Å². The normalized spacial score (nSPS) is 23.5. The van der Waals surface area contributed by atoms with Crippen LogP contribution in [0.2, 0.25) is 0 Å². The molecule has 204 valence electrons. The Morgan fingerprint density at radius 2 is 1.97 bits per heavy atom. The van der Waals surface area contributed by atoms with Crippen LogP contribution in [-0.2, 0) is 15.4 Å². The highest BCUT2D eigenvalue weighted by Crippen LogP contribution is 2.46. The summed E-state index contributed by atoms with van der Waals surface area (Å²) in [5, 5.41) is 21.6. The fourth-order valence-corrected chi connectivity index (χ4v) is 7.13. The first-order valence-electron chi connectivity index (χ1n) is 12.6. The quantitative estimate of drug-likeness (QED) is 0.292. The molecule has 0 spiro atoms. The molecule has 2 fully saturated rings. The van der Waals surface area contributed by atoms with E-state index in [-0.39, 0.29) is 34.8 Å². The van der Waals surface area contributed by atoms with Crippen molar-refractivity contribution in [3.8, 4) is 11.3 Å². The average Bonchev–Trinajstić information content (AvgIpc) is 3.59. The number of anilines is 1. The van der Waals surface area contributed by atoms with E-state index in [4.69, 9.17) is 10.7 Å². The second-order valence-corrected chi connectivity index (χ2v) is 12.8. The Bertz CT molecular complexity index is 1670. The van der Waals surface area contributed by atoms with Gasteiger partial charge in [-0.2, -0.15) is 10.1 Å². The van der Waals surface area contributed by atoms with E-state index in [0.29, 0.717) is 59.8 Å². The zero-order chi connectivity index (χ0) is 27.7. The van der Waals surface area contributed by atoms with E-state index in [0.717, 1.165) is 0 Å². The van der Waals surface area contributed by atoms with Crippen LogP contribution in [0.15, 0.2) is 35.5 Å². The van der Waals surface area contributed by atoms with Crippen LogP contribution < -0.4 is 10.6 Å². The first kappa shape index (κ1) is 25.5. The van der Waals surface area contributed by atoms with Crippen molar-refractivity contribution in [2.24, 2.45) is 5.73 Å². The molecular weight excluding hydrogens is 522 g/mol. The summed E-state index contributed by atoms with van der Waals surface area (Å²) in [6.07, 6.45) is 6.73. The monoisotopic (exact) mass is 551 g/mol. The van der Waals surface area contributed by atoms with E-state index >= 15 is 0 Å². The predicted molar refractivity (Wildman–Crippen MR) is 141 cm³/mol. The van der Waals surface area contributed by atoms with Crippen LogP contribution in [0.25, 0.3) is 16.9 Å². The molecule has 6 heterocycles. The Hall–Kier alpha value is -3.75. The Kier molecular flexibility index (Phi) is 5.82. The maximum absolute atomic E-state index is 13.4. The van der Waals surface area contributed by atoms with Crippen LogP contribution in [-0.4, -0.2) is 79.0 Å². The third kappa shape index (κ3) is 4.28. The van der Waals surface area contributed by atoms with E-state index in [1.165, 1.54) is 10.8 Å². The smallest absolute Gasteiger partial charge is 0.245 e. The predicted octanol–water partition coefficient (Wildman–Crippen LogP) is 1.20. The number of fused-ring (bicyclic) bond motifs is 3. The van der Waals surface area contributed by atoms with Gasteiger partial charge in [0.1, 0.15) is 10.5 Å². The van der Waals surface area contributed by atoms with Crippen LogP contribution in [0.3, 0.4) is 0 Å². The lowest BCUT2D eigenvalue weighted by Gasteiger charge is -2.39. The lowest BCUT2D eigenvalue weighted by atomic mass is 9.87. The van der Waals surface area contributed by atoms with Crippen LogP contribution in [0.5, 0.6) is 0 Å². The molecule has 1 unspecified atom stereocenters. The summed E-state index contributed by atoms with van der Waals surface area (Å²) in [4.78, 5) is 26.8. The largest absolute Gasteiger partial charge is 0.384 e. The van der Waals surface area contributed by atoms with Crippen LogP contribution in [0.4, 0.5) is 5.95 Å². The summed E-state index contributed by atoms with van der Waals surface area (Å²) in [5.74, 6) is 0.349. The Morgan fingerprint density at radius 3 is 2.59 bits per heavy atom. The molecule has 2 bridgehead atoms. The van der Waals surface area contributed by atoms with Gasteiger partial charge in [0.05, 0.1) is 23.3 Å². The zero-order valence-corrected chi connectivity index (χ0v) is 22.5. The average molecular weight is 552 g/mol. The Labute approximate surface area is 224 Å². The molecule has 6 rings (SSSR count). The van der Waals surface area contributed by atoms with E-state index in [1.54, 1.807) is 44.4 Å². The zero-order valence-electron chi connectivity index (χ0n) is 21.7. The lowest BCUT2D eigenvalue weighted by molar-refractivity contribution is 0.0739. The third-order valence-electron chi connectivity index (χ3n) is 7.64. The minimum absolute atomic E-state index is 0.0504. The number of nitrogens with zero attached hydrogens (tertiary/aromatic N) is 7. The van der Waals surface area contributed by atoms with Gasteiger partial charge in [-0.05, 0) is 45.2 Å². The van der Waals surface area contributed by atoms with Gasteiger partial charge >= 0.3 is 0 Å². The minimum Gasteiger partial charge on any atom is -0.384 e. The fraction of sp³-hybridized carbons (Fsp3) is 0.440. The van der Waals surface area contributed by atoms with Gasteiger partial charge in [0.15, 0.2) is 27.6 Å². The van der Waals surface area contributed by atoms with Crippen molar-refractivity contribution in [1.29, 1.82) is 0 Å². The van der Waals surface area contributed by atoms with Crippen LogP contribution in [0.1, 0.15) is 61.0 Å². The molecule has 4 atom stereocenters. The number of pyridine rings is 1. The first-order chi connectivity index (χ1) is 18.5. The van der Waals surface area contributed by atoms with Crippen molar-refractivity contribution in [3.63, 3.8) is 0 Å². The summed E-state index contributed by atoms with van der Waals surface area (Å²) in [5.41, 5.74) is 7.75. The molecule has 0 amide bonds. The van der Waals surface area contributed by atoms with Gasteiger partial charge in [-0.3, -0.25) is 14.9 Å². The minimum atomic E-state index is -3.78. The van der Waals surface area contributed by atoms with Gasteiger partial charge in [-0.25, -0.2) is 17.9 Å². The molecule has 2 aliphatic heterocycles. The van der Waals surface area contributed by atoms with E-state index in [9.17, 15) is 18.3 Å². The number of rotatable bonds is 6. The number of nitrogens with one attached hydrogen (secondary N) is 1. The molecule has 4 N–H and O–H groups in total. The number of aromatic nitrogens is 7. The molecule has 4 aromatic rings. The SMILES string of the molecule is CC(C)(O)c1ccc(-c2c(S(C)(=O)=O)c([C@H]3C[C@H]4CC(N)[C@@H](C3)N4c3n[nH]c(C=O)n3)nc3ccnn23)cn1. The standard InChI is InChI=1S/C25H29N9O4S/c1-25(2,36)18-5-4-13(11-27-18)22-23(39(3,37)38)21(30-20-6-7-28-34(20)22)14-8-15-10-16(26)17(9-14)33(15)24-29-19(12-35)31-32-24/h4-7,11-12,14-17,36H,8-10,26H2,1-3H3,(H,29,31,32)/t14-,15-,16?,17+/m0/s1. The number of hydrogen-bond acceptors (Lipinski definition) is 11. The highest BCUT2D eigenvalue weighted by atomic mass is 32.2. The summed E-state index contributed by atoms with van der Waals surface area (Å²) >= 11 is 0. The topological polar surface area (TPSA) is 185 Å². The summed E-state index contributed by atoms with van der Waals surface area (Å²) in [6.45, 7) is 3.27. The number of carbonyl (C=O) groups excluding carboxylic acids is 1. The van der Waals surface area contributed by atoms with Crippen molar-refractivity contribution in [3.05, 3.63) is 47.8 Å². The van der Waals surface area contributed by atoms with Gasteiger partial charge in [-0.1, -0.05) is 0 Å². The second kappa shape index (κ2) is 8.89. The van der Waals surface area contributed by atoms with Gasteiger partial charge in [0.2, 0.25) is 5.95 Å². The summed E-state index contributed by atoms with van der Waals surface area (Å²) < 4.78 is 28.3. The summed E-state index contributed by atoms with van der Waals surface area (Å²) in [7, 11) is -3.78. The van der Waals surface area contributed by atoms with Crippen molar-refractivity contribution in [1.82, 2.24) is 34.8 Å². The van der Waals surface area contributed by atoms with Gasteiger partial charge < -0.3 is 15.7 Å². The van der Waals surface area contributed by atoms with Gasteiger partial charge in [-0.15, -0.1) is 5.10 Å². The van der Waals surface area contributed by atoms with Crippen molar-refractivity contribution in [2.45, 2.75) is 67.6 Å². The number of piperidine rings is 1. The van der Waals surface area contributed by atoms with E-state index < -0.39 is 15.4 Å². The maximum atomic E-state index is 13.4. The molecule has 13 nitrogen and oxygen atoms in total. The number of nitrogens with two attached hydrogens (primary N) is 1. The highest BCUT2D eigenvalue weighted by Gasteiger charge is 2.48. The van der Waals surface area contributed by atoms with Crippen molar-refractivity contribution in [2.75, 3.05) is 11.2 Å². The Balaban J connectivity index is 1.48. The molecule has 14 heteroatoms. The lowest BCUT2D eigenvalue weighted by Crippen LogP contribution is -2.47. The van der Waals surface area contributed by atoms with Crippen molar-refractivity contribution >= 4 is 27.7 Å². The fourth-order valence-electron chi connectivity index (χ4n) is 5.98. The molecule has 39 heavy (non-hydrogen) atoms. The molecule has 0 saturated carbocycles. The van der Waals surface area contributed by atoms with Crippen molar-refractivity contribution < 1.29 is 18.3 Å². The number of H-pyrrole nitrogens is 1. The number of carbonyl (C=O) groups is 1. The number of aromatic amines is 1. The molecule has 0 radical (unpaired) electrons. The molecule has 0 aromatic carbocycles. The number of hydrogen-bond donors (Lipinski definition) is 3. The number of sulfone groups is 1. The number of aldehydes is 1. The van der Waals surface area contributed by atoms with Crippen LogP contribution >= 0.6 is 0 Å².